The number of aromatic nitrogens is 1. The number of rotatable bonds is 7. The number of aryl methyl sites for hydroxylation is 1. The van der Waals surface area contributed by atoms with Crippen LogP contribution in [0.25, 0.3) is 0 Å². The highest BCUT2D eigenvalue weighted by atomic mass is 16.5. The van der Waals surface area contributed by atoms with Gasteiger partial charge in [-0.15, -0.1) is 0 Å². The predicted octanol–water partition coefficient (Wildman–Crippen LogP) is 3.23. The molecule has 25 heavy (non-hydrogen) atoms. The average molecular weight is 343 g/mol. The van der Waals surface area contributed by atoms with E-state index in [4.69, 9.17) is 4.74 Å². The van der Waals surface area contributed by atoms with Crippen molar-refractivity contribution in [3.63, 3.8) is 0 Å². The van der Waals surface area contributed by atoms with E-state index in [9.17, 15) is 14.7 Å². The molecule has 5 heteroatoms. The van der Waals surface area contributed by atoms with Gasteiger partial charge in [-0.05, 0) is 45.6 Å². The second-order valence-electron chi connectivity index (χ2n) is 5.90. The predicted molar refractivity (Wildman–Crippen MR) is 97.2 cm³/mol. The molecule has 2 rings (SSSR count). The summed E-state index contributed by atoms with van der Waals surface area (Å²) in [5.41, 5.74) is 1.80. The SMILES string of the molecule is CCOC(=O)c1c(O)c(CCCc2ccccc2)c(C)n(CC)c1=O. The lowest BCUT2D eigenvalue weighted by molar-refractivity contribution is 0.0519. The number of benzene rings is 1. The summed E-state index contributed by atoms with van der Waals surface area (Å²) in [7, 11) is 0. The maximum Gasteiger partial charge on any atom is 0.347 e. The minimum Gasteiger partial charge on any atom is -0.506 e. The van der Waals surface area contributed by atoms with Gasteiger partial charge in [0.25, 0.3) is 5.56 Å². The van der Waals surface area contributed by atoms with Crippen molar-refractivity contribution in [3.8, 4) is 5.75 Å². The summed E-state index contributed by atoms with van der Waals surface area (Å²) in [6.45, 7) is 5.90. The van der Waals surface area contributed by atoms with Crippen LogP contribution in [-0.2, 0) is 24.1 Å². The van der Waals surface area contributed by atoms with Crippen LogP contribution >= 0.6 is 0 Å². The third-order valence-corrected chi connectivity index (χ3v) is 4.35. The molecule has 1 N–H and O–H groups in total. The van der Waals surface area contributed by atoms with Crippen molar-refractivity contribution < 1.29 is 14.6 Å². The van der Waals surface area contributed by atoms with Gasteiger partial charge in [-0.25, -0.2) is 4.79 Å². The lowest BCUT2D eigenvalue weighted by atomic mass is 10.00. The van der Waals surface area contributed by atoms with Gasteiger partial charge in [-0.2, -0.15) is 0 Å². The van der Waals surface area contributed by atoms with Crippen molar-refractivity contribution in [2.75, 3.05) is 6.61 Å². The standard InChI is InChI=1S/C20H25NO4/c1-4-21-14(3)16(13-9-12-15-10-7-6-8-11-15)18(22)17(19(21)23)20(24)25-5-2/h6-8,10-11,22H,4-5,9,12-13H2,1-3H3. The first kappa shape index (κ1) is 18.8. The molecule has 1 aromatic carbocycles. The number of hydrogen-bond donors (Lipinski definition) is 1. The van der Waals surface area contributed by atoms with E-state index in [1.54, 1.807) is 13.8 Å². The lowest BCUT2D eigenvalue weighted by Crippen LogP contribution is -2.30. The Hall–Kier alpha value is -2.56. The Morgan fingerprint density at radius 3 is 2.44 bits per heavy atom. The molecule has 0 atom stereocenters. The molecule has 0 unspecified atom stereocenters. The number of esters is 1. The quantitative estimate of drug-likeness (QED) is 0.784. The highest BCUT2D eigenvalue weighted by Crippen LogP contribution is 2.26. The summed E-state index contributed by atoms with van der Waals surface area (Å²) in [5, 5.41) is 10.6. The van der Waals surface area contributed by atoms with E-state index in [1.165, 1.54) is 10.1 Å². The van der Waals surface area contributed by atoms with E-state index < -0.39 is 11.5 Å². The van der Waals surface area contributed by atoms with Crippen molar-refractivity contribution in [2.24, 2.45) is 0 Å². The number of nitrogens with zero attached hydrogens (tertiary/aromatic N) is 1. The fourth-order valence-corrected chi connectivity index (χ4v) is 3.06. The summed E-state index contributed by atoms with van der Waals surface area (Å²) < 4.78 is 6.46. The van der Waals surface area contributed by atoms with E-state index in [2.05, 4.69) is 12.1 Å². The molecule has 0 aliphatic heterocycles. The van der Waals surface area contributed by atoms with E-state index in [-0.39, 0.29) is 17.9 Å². The zero-order chi connectivity index (χ0) is 18.4. The van der Waals surface area contributed by atoms with Gasteiger partial charge in [0.15, 0.2) is 5.56 Å². The first-order valence-electron chi connectivity index (χ1n) is 8.67. The molecular formula is C20H25NO4. The Morgan fingerprint density at radius 1 is 1.16 bits per heavy atom. The summed E-state index contributed by atoms with van der Waals surface area (Å²) >= 11 is 0. The number of hydrogen-bond acceptors (Lipinski definition) is 4. The van der Waals surface area contributed by atoms with Gasteiger partial charge >= 0.3 is 5.97 Å². The summed E-state index contributed by atoms with van der Waals surface area (Å²) in [6.07, 6.45) is 2.25. The molecule has 1 heterocycles. The molecule has 0 spiro atoms. The van der Waals surface area contributed by atoms with Gasteiger partial charge in [0, 0.05) is 17.8 Å². The molecule has 0 amide bonds. The molecule has 0 aliphatic carbocycles. The van der Waals surface area contributed by atoms with Gasteiger partial charge in [-0.3, -0.25) is 4.79 Å². The van der Waals surface area contributed by atoms with Crippen molar-refractivity contribution in [3.05, 3.63) is 63.1 Å². The highest BCUT2D eigenvalue weighted by Gasteiger charge is 2.24. The molecule has 1 aromatic heterocycles. The summed E-state index contributed by atoms with van der Waals surface area (Å²) in [6, 6.07) is 10.1. The Bertz CT molecular complexity index is 794. The van der Waals surface area contributed by atoms with Crippen LogP contribution in [0.5, 0.6) is 5.75 Å². The number of pyridine rings is 1. The minimum atomic E-state index is -0.767. The zero-order valence-corrected chi connectivity index (χ0v) is 15.0. The summed E-state index contributed by atoms with van der Waals surface area (Å²) in [5.74, 6) is -1.00. The molecule has 2 aromatic rings. The maximum atomic E-state index is 12.5. The Kier molecular flexibility index (Phi) is 6.39. The van der Waals surface area contributed by atoms with Gasteiger partial charge in [0.05, 0.1) is 6.61 Å². The van der Waals surface area contributed by atoms with Crippen LogP contribution in [0.1, 0.15) is 47.4 Å². The zero-order valence-electron chi connectivity index (χ0n) is 15.0. The molecule has 0 aliphatic rings. The molecule has 0 saturated heterocycles. The smallest absolute Gasteiger partial charge is 0.347 e. The van der Waals surface area contributed by atoms with Crippen molar-refractivity contribution in [2.45, 2.75) is 46.6 Å². The van der Waals surface area contributed by atoms with Crippen LogP contribution in [0, 0.1) is 6.92 Å². The Labute approximate surface area is 147 Å². The molecule has 0 fully saturated rings. The first-order valence-corrected chi connectivity index (χ1v) is 8.67. The number of aromatic hydroxyl groups is 1. The number of carbonyl (C=O) groups is 1. The van der Waals surface area contributed by atoms with Crippen molar-refractivity contribution in [1.82, 2.24) is 4.57 Å². The second-order valence-corrected chi connectivity index (χ2v) is 5.90. The van der Waals surface area contributed by atoms with Crippen LogP contribution in [0.4, 0.5) is 0 Å². The van der Waals surface area contributed by atoms with Crippen LogP contribution in [0.2, 0.25) is 0 Å². The van der Waals surface area contributed by atoms with E-state index in [0.717, 1.165) is 12.8 Å². The van der Waals surface area contributed by atoms with Gasteiger partial charge in [0.2, 0.25) is 0 Å². The van der Waals surface area contributed by atoms with E-state index in [0.29, 0.717) is 24.2 Å². The second kappa shape index (κ2) is 8.51. The Morgan fingerprint density at radius 2 is 1.84 bits per heavy atom. The molecule has 5 nitrogen and oxygen atoms in total. The monoisotopic (exact) mass is 343 g/mol. The van der Waals surface area contributed by atoms with Crippen LogP contribution < -0.4 is 5.56 Å². The Balaban J connectivity index is 2.34. The van der Waals surface area contributed by atoms with Gasteiger partial charge in [-0.1, -0.05) is 30.3 Å². The molecule has 0 saturated carbocycles. The molecular weight excluding hydrogens is 318 g/mol. The maximum absolute atomic E-state index is 12.5. The topological polar surface area (TPSA) is 68.5 Å². The fraction of sp³-hybridized carbons (Fsp3) is 0.400. The normalized spacial score (nSPS) is 10.7. The van der Waals surface area contributed by atoms with Gasteiger partial charge in [0.1, 0.15) is 5.75 Å². The van der Waals surface area contributed by atoms with E-state index in [1.807, 2.05) is 25.1 Å². The van der Waals surface area contributed by atoms with E-state index >= 15 is 0 Å². The third-order valence-electron chi connectivity index (χ3n) is 4.35. The fourth-order valence-electron chi connectivity index (χ4n) is 3.06. The number of carbonyl (C=O) groups excluding carboxylic acids is 1. The minimum absolute atomic E-state index is 0.154. The first-order chi connectivity index (χ1) is 12.0. The van der Waals surface area contributed by atoms with Crippen LogP contribution in [0.3, 0.4) is 0 Å². The molecule has 134 valence electrons. The van der Waals surface area contributed by atoms with Gasteiger partial charge < -0.3 is 14.4 Å². The lowest BCUT2D eigenvalue weighted by Gasteiger charge is -2.17. The summed E-state index contributed by atoms with van der Waals surface area (Å²) in [4.78, 5) is 24.6. The van der Waals surface area contributed by atoms with Crippen LogP contribution in [-0.4, -0.2) is 22.2 Å². The van der Waals surface area contributed by atoms with Crippen molar-refractivity contribution in [1.29, 1.82) is 0 Å². The third kappa shape index (κ3) is 4.10. The average Bonchev–Trinajstić information content (AvgIpc) is 2.59. The van der Waals surface area contributed by atoms with Crippen LogP contribution in [0.15, 0.2) is 35.1 Å². The number of ether oxygens (including phenoxy) is 1. The molecule has 0 radical (unpaired) electrons. The largest absolute Gasteiger partial charge is 0.506 e. The molecule has 0 bridgehead atoms. The van der Waals surface area contributed by atoms with Crippen molar-refractivity contribution >= 4 is 5.97 Å². The highest BCUT2D eigenvalue weighted by molar-refractivity contribution is 5.92.